The molecule has 0 aromatic heterocycles. The third-order valence-electron chi connectivity index (χ3n) is 2.63. The first-order valence-electron chi connectivity index (χ1n) is 5.04. The Balaban J connectivity index is 0.00000196. The molecule has 1 aliphatic carbocycles. The van der Waals surface area contributed by atoms with Crippen molar-refractivity contribution in [3.05, 3.63) is 0 Å². The van der Waals surface area contributed by atoms with Crippen LogP contribution >= 0.6 is 35.7 Å². The minimum Gasteiger partial charge on any atom is -0.370 e. The molecule has 0 heterocycles. The number of hydrogen-bond acceptors (Lipinski definition) is 2. The molecule has 15 heavy (non-hydrogen) atoms. The van der Waals surface area contributed by atoms with Gasteiger partial charge in [-0.15, -0.1) is 24.0 Å². The molecular weight excluding hydrogens is 321 g/mol. The van der Waals surface area contributed by atoms with Gasteiger partial charge in [0.15, 0.2) is 5.96 Å². The zero-order chi connectivity index (χ0) is 10.8. The van der Waals surface area contributed by atoms with E-state index < -0.39 is 0 Å². The number of guanidine groups is 1. The Labute approximate surface area is 114 Å². The maximum absolute atomic E-state index is 5.89. The maximum Gasteiger partial charge on any atom is 0.191 e. The van der Waals surface area contributed by atoms with E-state index in [4.69, 9.17) is 5.73 Å². The lowest BCUT2D eigenvalue weighted by Crippen LogP contribution is -2.36. The zero-order valence-electron chi connectivity index (χ0n) is 9.99. The molecule has 0 spiro atoms. The van der Waals surface area contributed by atoms with Gasteiger partial charge in [0.2, 0.25) is 0 Å². The number of hydrogen-bond donors (Lipinski definition) is 1. The number of thioether (sulfide) groups is 1. The van der Waals surface area contributed by atoms with Crippen molar-refractivity contribution < 1.29 is 0 Å². The molecule has 0 unspecified atom stereocenters. The summed E-state index contributed by atoms with van der Waals surface area (Å²) in [7, 11) is 2.03. The highest BCUT2D eigenvalue weighted by Gasteiger charge is 2.27. The van der Waals surface area contributed by atoms with Crippen LogP contribution in [0.25, 0.3) is 0 Å². The lowest BCUT2D eigenvalue weighted by atomic mass is 10.2. The number of nitrogens with two attached hydrogens (primary N) is 1. The predicted octanol–water partition coefficient (Wildman–Crippen LogP) is 2.15. The fraction of sp³-hybridized carbons (Fsp3) is 0.900. The maximum atomic E-state index is 5.89. The van der Waals surface area contributed by atoms with Crippen LogP contribution in [0.15, 0.2) is 4.99 Å². The van der Waals surface area contributed by atoms with Gasteiger partial charge >= 0.3 is 0 Å². The van der Waals surface area contributed by atoms with Crippen LogP contribution in [0.2, 0.25) is 0 Å². The van der Waals surface area contributed by atoms with Crippen molar-refractivity contribution in [1.82, 2.24) is 4.90 Å². The lowest BCUT2D eigenvalue weighted by molar-refractivity contribution is 0.486. The van der Waals surface area contributed by atoms with Crippen molar-refractivity contribution in [2.24, 2.45) is 10.7 Å². The summed E-state index contributed by atoms with van der Waals surface area (Å²) in [4.78, 5) is 6.52. The van der Waals surface area contributed by atoms with Gasteiger partial charge in [0, 0.05) is 17.8 Å². The number of rotatable bonds is 4. The minimum absolute atomic E-state index is 0. The van der Waals surface area contributed by atoms with Crippen molar-refractivity contribution >= 4 is 41.7 Å². The average molecular weight is 343 g/mol. The van der Waals surface area contributed by atoms with Crippen LogP contribution in [-0.4, -0.2) is 41.5 Å². The first kappa shape index (κ1) is 15.3. The molecule has 3 nitrogen and oxygen atoms in total. The Morgan fingerprint density at radius 3 is 2.47 bits per heavy atom. The summed E-state index contributed by atoms with van der Waals surface area (Å²) in [6.45, 7) is 5.16. The highest BCUT2D eigenvalue weighted by atomic mass is 127. The van der Waals surface area contributed by atoms with Crippen molar-refractivity contribution in [2.45, 2.75) is 37.5 Å². The quantitative estimate of drug-likeness (QED) is 0.483. The van der Waals surface area contributed by atoms with Gasteiger partial charge in [-0.1, -0.05) is 0 Å². The van der Waals surface area contributed by atoms with E-state index >= 15 is 0 Å². The van der Waals surface area contributed by atoms with E-state index in [1.165, 1.54) is 12.8 Å². The van der Waals surface area contributed by atoms with Crippen LogP contribution in [0.4, 0.5) is 0 Å². The summed E-state index contributed by atoms with van der Waals surface area (Å²) in [6.07, 6.45) is 4.63. The van der Waals surface area contributed by atoms with E-state index in [0.29, 0.717) is 12.0 Å². The second kappa shape index (κ2) is 6.18. The summed E-state index contributed by atoms with van der Waals surface area (Å²) in [6, 6.07) is 0.649. The predicted molar refractivity (Wildman–Crippen MR) is 80.3 cm³/mol. The molecule has 0 amide bonds. The van der Waals surface area contributed by atoms with E-state index in [0.717, 1.165) is 6.54 Å². The second-order valence-electron chi connectivity index (χ2n) is 4.48. The Bertz CT molecular complexity index is 227. The molecule has 0 aliphatic heterocycles. The van der Waals surface area contributed by atoms with Crippen molar-refractivity contribution in [2.75, 3.05) is 19.8 Å². The standard InChI is InChI=1S/C10H21N3S.HI/c1-10(2,14-4)7-12-9(11)13(3)8-5-6-8;/h8H,5-7H2,1-4H3,(H2,11,12);1H. The summed E-state index contributed by atoms with van der Waals surface area (Å²) in [5.41, 5.74) is 5.89. The summed E-state index contributed by atoms with van der Waals surface area (Å²) < 4.78 is 0.189. The van der Waals surface area contributed by atoms with Crippen molar-refractivity contribution in [3.63, 3.8) is 0 Å². The van der Waals surface area contributed by atoms with E-state index in [2.05, 4.69) is 30.0 Å². The molecule has 0 aromatic rings. The van der Waals surface area contributed by atoms with Gasteiger partial charge < -0.3 is 10.6 Å². The van der Waals surface area contributed by atoms with Gasteiger partial charge in [0.05, 0.1) is 6.54 Å². The Morgan fingerprint density at radius 1 is 1.53 bits per heavy atom. The van der Waals surface area contributed by atoms with Gasteiger partial charge in [-0.05, 0) is 32.9 Å². The largest absolute Gasteiger partial charge is 0.370 e. The molecule has 0 saturated heterocycles. The van der Waals surface area contributed by atoms with Crippen LogP contribution in [-0.2, 0) is 0 Å². The van der Waals surface area contributed by atoms with E-state index in [1.807, 2.05) is 18.8 Å². The summed E-state index contributed by atoms with van der Waals surface area (Å²) in [5.74, 6) is 0.689. The van der Waals surface area contributed by atoms with Crippen LogP contribution in [0.5, 0.6) is 0 Å². The molecule has 0 aromatic carbocycles. The van der Waals surface area contributed by atoms with Crippen LogP contribution in [0, 0.1) is 0 Å². The molecule has 90 valence electrons. The first-order valence-corrected chi connectivity index (χ1v) is 6.26. The molecule has 1 saturated carbocycles. The van der Waals surface area contributed by atoms with Crippen molar-refractivity contribution in [3.8, 4) is 0 Å². The summed E-state index contributed by atoms with van der Waals surface area (Å²) in [5, 5.41) is 0. The topological polar surface area (TPSA) is 41.6 Å². The lowest BCUT2D eigenvalue weighted by Gasteiger charge is -2.22. The van der Waals surface area contributed by atoms with Gasteiger partial charge in [-0.25, -0.2) is 0 Å². The Morgan fingerprint density at radius 2 is 2.07 bits per heavy atom. The molecule has 2 N–H and O–H groups in total. The SMILES string of the molecule is CSC(C)(C)CN=C(N)N(C)C1CC1.I. The van der Waals surface area contributed by atoms with Crippen LogP contribution in [0.1, 0.15) is 26.7 Å². The molecule has 0 radical (unpaired) electrons. The highest BCUT2D eigenvalue weighted by Crippen LogP contribution is 2.25. The molecule has 0 atom stereocenters. The van der Waals surface area contributed by atoms with E-state index in [1.54, 1.807) is 0 Å². The monoisotopic (exact) mass is 343 g/mol. The molecule has 1 fully saturated rings. The van der Waals surface area contributed by atoms with E-state index in [9.17, 15) is 0 Å². The van der Waals surface area contributed by atoms with Gasteiger partial charge in [-0.3, -0.25) is 4.99 Å². The minimum atomic E-state index is 0. The highest BCUT2D eigenvalue weighted by molar-refractivity contribution is 14.0. The third kappa shape index (κ3) is 5.29. The Kier molecular flexibility index (Phi) is 6.32. The second-order valence-corrected chi connectivity index (χ2v) is 5.99. The Hall–Kier alpha value is 0.350. The average Bonchev–Trinajstić information content (AvgIpc) is 2.96. The van der Waals surface area contributed by atoms with Gasteiger partial charge in [0.1, 0.15) is 0 Å². The van der Waals surface area contributed by atoms with Gasteiger partial charge in [-0.2, -0.15) is 11.8 Å². The van der Waals surface area contributed by atoms with Crippen LogP contribution in [0.3, 0.4) is 0 Å². The molecule has 1 aliphatic rings. The molecule has 5 heteroatoms. The van der Waals surface area contributed by atoms with Crippen LogP contribution < -0.4 is 5.73 Å². The fourth-order valence-electron chi connectivity index (χ4n) is 1.10. The molecule has 1 rings (SSSR count). The van der Waals surface area contributed by atoms with Gasteiger partial charge in [0.25, 0.3) is 0 Å². The molecular formula is C10H22IN3S. The normalized spacial score (nSPS) is 17.2. The number of nitrogens with zero attached hydrogens (tertiary/aromatic N) is 2. The fourth-order valence-corrected chi connectivity index (χ4v) is 1.29. The smallest absolute Gasteiger partial charge is 0.191 e. The third-order valence-corrected chi connectivity index (χ3v) is 3.86. The molecule has 0 bridgehead atoms. The van der Waals surface area contributed by atoms with E-state index in [-0.39, 0.29) is 28.7 Å². The zero-order valence-corrected chi connectivity index (χ0v) is 13.1. The number of aliphatic imine (C=N–C) groups is 1. The first-order chi connectivity index (χ1) is 6.46. The number of halogens is 1. The summed E-state index contributed by atoms with van der Waals surface area (Å²) >= 11 is 1.82. The van der Waals surface area contributed by atoms with Crippen molar-refractivity contribution in [1.29, 1.82) is 0 Å².